The van der Waals surface area contributed by atoms with Gasteiger partial charge in [0.15, 0.2) is 0 Å². The SMILES string of the molecule is OC1CCN(c2ncnc3c2CCCCC3)C1. The van der Waals surface area contributed by atoms with E-state index in [0.29, 0.717) is 0 Å². The molecule has 0 saturated carbocycles. The Morgan fingerprint density at radius 2 is 2.06 bits per heavy atom. The number of aliphatic hydroxyl groups is 1. The minimum atomic E-state index is -0.189. The Kier molecular flexibility index (Phi) is 2.97. The summed E-state index contributed by atoms with van der Waals surface area (Å²) in [6, 6.07) is 0. The van der Waals surface area contributed by atoms with Crippen LogP contribution in [-0.4, -0.2) is 34.3 Å². The van der Waals surface area contributed by atoms with E-state index in [2.05, 4.69) is 14.9 Å². The van der Waals surface area contributed by atoms with E-state index in [4.69, 9.17) is 0 Å². The molecule has 2 heterocycles. The van der Waals surface area contributed by atoms with Gasteiger partial charge in [-0.05, 0) is 32.1 Å². The number of fused-ring (bicyclic) bond motifs is 1. The van der Waals surface area contributed by atoms with E-state index in [9.17, 15) is 5.11 Å². The molecule has 1 fully saturated rings. The number of anilines is 1. The minimum absolute atomic E-state index is 0.189. The highest BCUT2D eigenvalue weighted by molar-refractivity contribution is 5.50. The van der Waals surface area contributed by atoms with Gasteiger partial charge in [-0.3, -0.25) is 0 Å². The summed E-state index contributed by atoms with van der Waals surface area (Å²) in [7, 11) is 0. The van der Waals surface area contributed by atoms with Crippen molar-refractivity contribution in [2.75, 3.05) is 18.0 Å². The highest BCUT2D eigenvalue weighted by Crippen LogP contribution is 2.28. The molecule has 2 aliphatic rings. The molecule has 0 spiro atoms. The first-order valence-electron chi connectivity index (χ1n) is 6.60. The molecule has 1 aliphatic carbocycles. The molecular formula is C13H19N3O. The Balaban J connectivity index is 1.93. The molecule has 0 aromatic carbocycles. The van der Waals surface area contributed by atoms with E-state index >= 15 is 0 Å². The van der Waals surface area contributed by atoms with Gasteiger partial charge in [-0.1, -0.05) is 6.42 Å². The maximum Gasteiger partial charge on any atom is 0.135 e. The fourth-order valence-electron chi connectivity index (χ4n) is 2.89. The standard InChI is InChI=1S/C13H19N3O/c17-10-6-7-16(8-10)13-11-4-2-1-3-5-12(11)14-9-15-13/h9-10,17H,1-8H2. The van der Waals surface area contributed by atoms with Crippen molar-refractivity contribution in [3.05, 3.63) is 17.6 Å². The molecule has 1 unspecified atom stereocenters. The molecule has 1 N–H and O–H groups in total. The van der Waals surface area contributed by atoms with Crippen molar-refractivity contribution in [2.45, 2.75) is 44.6 Å². The third-order valence-electron chi connectivity index (χ3n) is 3.82. The molecule has 4 nitrogen and oxygen atoms in total. The highest BCUT2D eigenvalue weighted by Gasteiger charge is 2.25. The summed E-state index contributed by atoms with van der Waals surface area (Å²) in [5.41, 5.74) is 2.56. The van der Waals surface area contributed by atoms with E-state index in [1.54, 1.807) is 6.33 Å². The van der Waals surface area contributed by atoms with Gasteiger partial charge in [0.25, 0.3) is 0 Å². The van der Waals surface area contributed by atoms with Crippen LogP contribution in [0.15, 0.2) is 6.33 Å². The predicted molar refractivity (Wildman–Crippen MR) is 66.1 cm³/mol. The first-order chi connectivity index (χ1) is 8.34. The number of aryl methyl sites for hydroxylation is 1. The molecule has 0 amide bonds. The van der Waals surface area contributed by atoms with Crippen LogP contribution in [-0.2, 0) is 12.8 Å². The Labute approximate surface area is 102 Å². The van der Waals surface area contributed by atoms with Gasteiger partial charge in [0.05, 0.1) is 6.10 Å². The second-order valence-corrected chi connectivity index (χ2v) is 5.07. The van der Waals surface area contributed by atoms with E-state index in [1.165, 1.54) is 30.5 Å². The first kappa shape index (κ1) is 11.0. The van der Waals surface area contributed by atoms with Crippen LogP contribution in [0.2, 0.25) is 0 Å². The second-order valence-electron chi connectivity index (χ2n) is 5.07. The molecule has 1 atom stereocenters. The molecule has 3 rings (SSSR count). The Morgan fingerprint density at radius 1 is 1.18 bits per heavy atom. The minimum Gasteiger partial charge on any atom is -0.391 e. The topological polar surface area (TPSA) is 49.2 Å². The molecule has 1 aliphatic heterocycles. The summed E-state index contributed by atoms with van der Waals surface area (Å²) >= 11 is 0. The number of aliphatic hydroxyl groups excluding tert-OH is 1. The van der Waals surface area contributed by atoms with Gasteiger partial charge in [0.1, 0.15) is 12.1 Å². The van der Waals surface area contributed by atoms with Crippen LogP contribution in [0.25, 0.3) is 0 Å². The third kappa shape index (κ3) is 2.14. The van der Waals surface area contributed by atoms with Crippen molar-refractivity contribution in [2.24, 2.45) is 0 Å². The fourth-order valence-corrected chi connectivity index (χ4v) is 2.89. The van der Waals surface area contributed by atoms with Crippen molar-refractivity contribution >= 4 is 5.82 Å². The number of β-amino-alcohol motifs (C(OH)–C–C–N with tert-alkyl or cyclic N) is 1. The molecule has 17 heavy (non-hydrogen) atoms. The average molecular weight is 233 g/mol. The Bertz CT molecular complexity index is 408. The third-order valence-corrected chi connectivity index (χ3v) is 3.82. The van der Waals surface area contributed by atoms with Gasteiger partial charge in [-0.15, -0.1) is 0 Å². The summed E-state index contributed by atoms with van der Waals surface area (Å²) in [4.78, 5) is 11.1. The van der Waals surface area contributed by atoms with E-state index in [0.717, 1.165) is 38.2 Å². The van der Waals surface area contributed by atoms with Crippen molar-refractivity contribution in [1.82, 2.24) is 9.97 Å². The van der Waals surface area contributed by atoms with Crippen LogP contribution in [0.4, 0.5) is 5.82 Å². The lowest BCUT2D eigenvalue weighted by molar-refractivity contribution is 0.198. The zero-order valence-corrected chi connectivity index (χ0v) is 10.1. The second kappa shape index (κ2) is 4.61. The summed E-state index contributed by atoms with van der Waals surface area (Å²) in [6.45, 7) is 1.65. The van der Waals surface area contributed by atoms with Crippen molar-refractivity contribution in [3.63, 3.8) is 0 Å². The maximum absolute atomic E-state index is 9.64. The molecule has 4 heteroatoms. The number of nitrogens with zero attached hydrogens (tertiary/aromatic N) is 3. The van der Waals surface area contributed by atoms with Crippen LogP contribution in [0.1, 0.15) is 36.9 Å². The number of rotatable bonds is 1. The van der Waals surface area contributed by atoms with E-state index in [-0.39, 0.29) is 6.10 Å². The molecule has 0 radical (unpaired) electrons. The molecule has 1 saturated heterocycles. The average Bonchev–Trinajstić information content (AvgIpc) is 2.63. The summed E-state index contributed by atoms with van der Waals surface area (Å²) in [5, 5.41) is 9.64. The molecule has 1 aromatic rings. The molecule has 1 aromatic heterocycles. The van der Waals surface area contributed by atoms with Crippen molar-refractivity contribution in [1.29, 1.82) is 0 Å². The van der Waals surface area contributed by atoms with Crippen LogP contribution in [0.3, 0.4) is 0 Å². The Morgan fingerprint density at radius 3 is 2.88 bits per heavy atom. The van der Waals surface area contributed by atoms with Crippen LogP contribution < -0.4 is 4.90 Å². The van der Waals surface area contributed by atoms with Gasteiger partial charge < -0.3 is 10.0 Å². The number of hydrogen-bond donors (Lipinski definition) is 1. The zero-order valence-electron chi connectivity index (χ0n) is 10.1. The van der Waals surface area contributed by atoms with E-state index in [1.807, 2.05) is 0 Å². The van der Waals surface area contributed by atoms with Crippen molar-refractivity contribution in [3.8, 4) is 0 Å². The Hall–Kier alpha value is -1.16. The summed E-state index contributed by atoms with van der Waals surface area (Å²) in [5.74, 6) is 1.08. The van der Waals surface area contributed by atoms with Gasteiger partial charge in [-0.25, -0.2) is 9.97 Å². The van der Waals surface area contributed by atoms with Gasteiger partial charge in [0, 0.05) is 24.3 Å². The normalized spacial score (nSPS) is 24.5. The summed E-state index contributed by atoms with van der Waals surface area (Å²) < 4.78 is 0. The van der Waals surface area contributed by atoms with Gasteiger partial charge >= 0.3 is 0 Å². The zero-order chi connectivity index (χ0) is 11.7. The predicted octanol–water partition coefficient (Wildman–Crippen LogP) is 1.32. The van der Waals surface area contributed by atoms with Crippen LogP contribution >= 0.6 is 0 Å². The van der Waals surface area contributed by atoms with Gasteiger partial charge in [0.2, 0.25) is 0 Å². The fraction of sp³-hybridized carbons (Fsp3) is 0.692. The monoisotopic (exact) mass is 233 g/mol. The van der Waals surface area contributed by atoms with Crippen molar-refractivity contribution < 1.29 is 5.11 Å². The number of aromatic nitrogens is 2. The summed E-state index contributed by atoms with van der Waals surface area (Å²) in [6.07, 6.45) is 8.31. The van der Waals surface area contributed by atoms with Gasteiger partial charge in [-0.2, -0.15) is 0 Å². The maximum atomic E-state index is 9.64. The van der Waals surface area contributed by atoms with E-state index < -0.39 is 0 Å². The smallest absolute Gasteiger partial charge is 0.135 e. The lowest BCUT2D eigenvalue weighted by Crippen LogP contribution is -2.24. The molecule has 92 valence electrons. The highest BCUT2D eigenvalue weighted by atomic mass is 16.3. The van der Waals surface area contributed by atoms with Crippen LogP contribution in [0, 0.1) is 0 Å². The molecule has 0 bridgehead atoms. The quantitative estimate of drug-likeness (QED) is 0.743. The lowest BCUT2D eigenvalue weighted by Gasteiger charge is -2.20. The van der Waals surface area contributed by atoms with Crippen LogP contribution in [0.5, 0.6) is 0 Å². The number of hydrogen-bond acceptors (Lipinski definition) is 4. The first-order valence-corrected chi connectivity index (χ1v) is 6.60. The lowest BCUT2D eigenvalue weighted by atomic mass is 10.1. The molecular weight excluding hydrogens is 214 g/mol. The largest absolute Gasteiger partial charge is 0.391 e.